The Morgan fingerprint density at radius 2 is 2.10 bits per heavy atom. The average molecular weight is 313 g/mol. The SMILES string of the molecule is CNC[C@H]1CCCCN1S(=O)(=O)c1ccccc1[N+](=O)[O-]. The first-order valence-corrected chi connectivity index (χ1v) is 8.32. The van der Waals surface area contributed by atoms with E-state index in [4.69, 9.17) is 0 Å². The summed E-state index contributed by atoms with van der Waals surface area (Å²) in [5, 5.41) is 14.1. The number of para-hydroxylation sites is 1. The van der Waals surface area contributed by atoms with Crippen molar-refractivity contribution in [1.82, 2.24) is 9.62 Å². The fraction of sp³-hybridized carbons (Fsp3) is 0.538. The average Bonchev–Trinajstić information content (AvgIpc) is 2.48. The van der Waals surface area contributed by atoms with Gasteiger partial charge in [-0.05, 0) is 26.0 Å². The van der Waals surface area contributed by atoms with Crippen LogP contribution in [0, 0.1) is 10.1 Å². The monoisotopic (exact) mass is 313 g/mol. The quantitative estimate of drug-likeness (QED) is 0.654. The van der Waals surface area contributed by atoms with Crippen molar-refractivity contribution >= 4 is 15.7 Å². The smallest absolute Gasteiger partial charge is 0.289 e. The fourth-order valence-electron chi connectivity index (χ4n) is 2.68. The predicted molar refractivity (Wildman–Crippen MR) is 78.6 cm³/mol. The molecular weight excluding hydrogens is 294 g/mol. The largest absolute Gasteiger partial charge is 0.318 e. The minimum absolute atomic E-state index is 0.159. The zero-order valence-corrected chi connectivity index (χ0v) is 12.7. The van der Waals surface area contributed by atoms with Crippen molar-refractivity contribution in [3.8, 4) is 0 Å². The normalized spacial score (nSPS) is 20.3. The molecule has 1 fully saturated rings. The number of nitrogens with zero attached hydrogens (tertiary/aromatic N) is 2. The van der Waals surface area contributed by atoms with Crippen LogP contribution in [0.5, 0.6) is 0 Å². The van der Waals surface area contributed by atoms with Crippen LogP contribution in [0.15, 0.2) is 29.2 Å². The first-order valence-electron chi connectivity index (χ1n) is 6.88. The van der Waals surface area contributed by atoms with Crippen molar-refractivity contribution < 1.29 is 13.3 Å². The van der Waals surface area contributed by atoms with Gasteiger partial charge in [0.2, 0.25) is 10.0 Å². The maximum Gasteiger partial charge on any atom is 0.289 e. The van der Waals surface area contributed by atoms with E-state index in [1.165, 1.54) is 28.6 Å². The molecule has 0 aliphatic carbocycles. The van der Waals surface area contributed by atoms with Gasteiger partial charge in [0.15, 0.2) is 4.90 Å². The molecule has 1 aliphatic heterocycles. The molecule has 2 rings (SSSR count). The van der Waals surface area contributed by atoms with Crippen molar-refractivity contribution in [2.45, 2.75) is 30.2 Å². The lowest BCUT2D eigenvalue weighted by Crippen LogP contribution is -2.47. The molecule has 0 radical (unpaired) electrons. The van der Waals surface area contributed by atoms with E-state index in [1.807, 2.05) is 0 Å². The van der Waals surface area contributed by atoms with Gasteiger partial charge in [-0.2, -0.15) is 4.31 Å². The number of hydrogen-bond donors (Lipinski definition) is 1. The predicted octanol–water partition coefficient (Wildman–Crippen LogP) is 1.36. The molecule has 1 aromatic rings. The number of hydrogen-bond acceptors (Lipinski definition) is 5. The van der Waals surface area contributed by atoms with Gasteiger partial charge < -0.3 is 5.32 Å². The highest BCUT2D eigenvalue weighted by Gasteiger charge is 2.36. The van der Waals surface area contributed by atoms with Crippen LogP contribution in [0.1, 0.15) is 19.3 Å². The third kappa shape index (κ3) is 3.22. The van der Waals surface area contributed by atoms with Crippen LogP contribution in [-0.2, 0) is 10.0 Å². The highest BCUT2D eigenvalue weighted by atomic mass is 32.2. The lowest BCUT2D eigenvalue weighted by molar-refractivity contribution is -0.387. The highest BCUT2D eigenvalue weighted by molar-refractivity contribution is 7.89. The zero-order chi connectivity index (χ0) is 15.5. The third-order valence-electron chi connectivity index (χ3n) is 3.66. The number of likely N-dealkylation sites (N-methyl/N-ethyl adjacent to an activating group) is 1. The topological polar surface area (TPSA) is 92.6 Å². The molecular formula is C13H19N3O4S. The molecule has 21 heavy (non-hydrogen) atoms. The molecule has 0 bridgehead atoms. The first-order chi connectivity index (χ1) is 9.98. The zero-order valence-electron chi connectivity index (χ0n) is 11.9. The highest BCUT2D eigenvalue weighted by Crippen LogP contribution is 2.30. The van der Waals surface area contributed by atoms with Gasteiger partial charge in [-0.1, -0.05) is 18.6 Å². The summed E-state index contributed by atoms with van der Waals surface area (Å²) in [6, 6.07) is 5.35. The molecule has 116 valence electrons. The molecule has 1 aromatic carbocycles. The number of piperidine rings is 1. The molecule has 8 heteroatoms. The molecule has 0 amide bonds. The minimum atomic E-state index is -3.86. The van der Waals surface area contributed by atoms with E-state index in [9.17, 15) is 18.5 Å². The van der Waals surface area contributed by atoms with Gasteiger partial charge in [-0.3, -0.25) is 10.1 Å². The molecule has 1 aliphatic rings. The minimum Gasteiger partial charge on any atom is -0.318 e. The van der Waals surface area contributed by atoms with Gasteiger partial charge in [0.1, 0.15) is 0 Å². The first kappa shape index (κ1) is 15.9. The van der Waals surface area contributed by atoms with E-state index in [-0.39, 0.29) is 16.6 Å². The number of benzene rings is 1. The molecule has 1 atom stereocenters. The van der Waals surface area contributed by atoms with Crippen LogP contribution >= 0.6 is 0 Å². The molecule has 7 nitrogen and oxygen atoms in total. The standard InChI is InChI=1S/C13H19N3O4S/c1-14-10-11-6-4-5-9-15(11)21(19,20)13-8-3-2-7-12(13)16(17)18/h2-3,7-8,11,14H,4-6,9-10H2,1H3/t11-/m1/s1. The maximum atomic E-state index is 12.8. The van der Waals surface area contributed by atoms with Crippen molar-refractivity contribution in [1.29, 1.82) is 0 Å². The Bertz CT molecular complexity index is 616. The van der Waals surface area contributed by atoms with Crippen LogP contribution in [0.4, 0.5) is 5.69 Å². The van der Waals surface area contributed by atoms with Crippen molar-refractivity contribution in [3.05, 3.63) is 34.4 Å². The van der Waals surface area contributed by atoms with Crippen LogP contribution in [-0.4, -0.2) is 43.8 Å². The Balaban J connectivity index is 2.43. The summed E-state index contributed by atoms with van der Waals surface area (Å²) in [6.45, 7) is 0.945. The second kappa shape index (κ2) is 6.50. The molecule has 1 heterocycles. The van der Waals surface area contributed by atoms with Gasteiger partial charge >= 0.3 is 0 Å². The summed E-state index contributed by atoms with van der Waals surface area (Å²) in [7, 11) is -2.09. The third-order valence-corrected chi connectivity index (χ3v) is 5.66. The van der Waals surface area contributed by atoms with E-state index in [1.54, 1.807) is 7.05 Å². The summed E-state index contributed by atoms with van der Waals surface area (Å²) < 4.78 is 27.0. The number of sulfonamides is 1. The van der Waals surface area contributed by atoms with Gasteiger partial charge in [0.05, 0.1) is 4.92 Å². The number of nitrogens with one attached hydrogen (secondary N) is 1. The summed E-state index contributed by atoms with van der Waals surface area (Å²) in [4.78, 5) is 10.2. The number of nitro benzene ring substituents is 1. The Labute approximate surface area is 124 Å². The lowest BCUT2D eigenvalue weighted by atomic mass is 10.1. The van der Waals surface area contributed by atoms with E-state index < -0.39 is 14.9 Å². The fourth-order valence-corrected chi connectivity index (χ4v) is 4.53. The van der Waals surface area contributed by atoms with Crippen molar-refractivity contribution in [3.63, 3.8) is 0 Å². The molecule has 0 spiro atoms. The Kier molecular flexibility index (Phi) is 4.92. The van der Waals surface area contributed by atoms with E-state index >= 15 is 0 Å². The van der Waals surface area contributed by atoms with Crippen molar-refractivity contribution in [2.24, 2.45) is 0 Å². The van der Waals surface area contributed by atoms with Gasteiger partial charge in [0.25, 0.3) is 5.69 Å². The van der Waals surface area contributed by atoms with Crippen LogP contribution in [0.25, 0.3) is 0 Å². The van der Waals surface area contributed by atoms with Gasteiger partial charge in [0, 0.05) is 25.2 Å². The van der Waals surface area contributed by atoms with Gasteiger partial charge in [-0.15, -0.1) is 0 Å². The summed E-state index contributed by atoms with van der Waals surface area (Å²) in [5.41, 5.74) is -0.369. The Hall–Kier alpha value is -1.51. The summed E-state index contributed by atoms with van der Waals surface area (Å²) in [6.07, 6.45) is 2.51. The van der Waals surface area contributed by atoms with E-state index in [0.29, 0.717) is 13.1 Å². The molecule has 1 N–H and O–H groups in total. The molecule has 0 unspecified atom stereocenters. The Morgan fingerprint density at radius 3 is 2.76 bits per heavy atom. The summed E-state index contributed by atoms with van der Waals surface area (Å²) >= 11 is 0. The number of nitro groups is 1. The molecule has 0 aromatic heterocycles. The Morgan fingerprint density at radius 1 is 1.38 bits per heavy atom. The summed E-state index contributed by atoms with van der Waals surface area (Å²) in [5.74, 6) is 0. The van der Waals surface area contributed by atoms with E-state index in [0.717, 1.165) is 19.3 Å². The second-order valence-corrected chi connectivity index (χ2v) is 6.91. The van der Waals surface area contributed by atoms with E-state index in [2.05, 4.69) is 5.32 Å². The molecule has 0 saturated carbocycles. The van der Waals surface area contributed by atoms with Crippen LogP contribution < -0.4 is 5.32 Å². The van der Waals surface area contributed by atoms with Crippen molar-refractivity contribution in [2.75, 3.05) is 20.1 Å². The second-order valence-electron chi connectivity index (χ2n) is 5.05. The lowest BCUT2D eigenvalue weighted by Gasteiger charge is -2.34. The molecule has 1 saturated heterocycles. The van der Waals surface area contributed by atoms with Gasteiger partial charge in [-0.25, -0.2) is 8.42 Å². The van der Waals surface area contributed by atoms with Crippen LogP contribution in [0.3, 0.4) is 0 Å². The maximum absolute atomic E-state index is 12.8. The van der Waals surface area contributed by atoms with Crippen LogP contribution in [0.2, 0.25) is 0 Å². The number of rotatable bonds is 5.